The smallest absolute Gasteiger partial charge is 0.123 e. The molecule has 102 valence electrons. The van der Waals surface area contributed by atoms with Crippen LogP contribution in [0.1, 0.15) is 45.2 Å². The SMILES string of the molecule is CCCC(C)(O)CNC(C)c1cc(F)ccc1O. The van der Waals surface area contributed by atoms with Crippen LogP contribution in [-0.2, 0) is 0 Å². The first kappa shape index (κ1) is 14.9. The second-order valence-corrected chi connectivity index (χ2v) is 5.05. The van der Waals surface area contributed by atoms with Crippen LogP contribution in [0.2, 0.25) is 0 Å². The topological polar surface area (TPSA) is 52.5 Å². The number of phenols is 1. The van der Waals surface area contributed by atoms with Gasteiger partial charge in [-0.05, 0) is 38.5 Å². The Hall–Kier alpha value is -1.13. The highest BCUT2D eigenvalue weighted by atomic mass is 19.1. The Morgan fingerprint density at radius 1 is 1.44 bits per heavy atom. The maximum atomic E-state index is 13.1. The van der Waals surface area contributed by atoms with Crippen molar-refractivity contribution in [3.05, 3.63) is 29.6 Å². The maximum Gasteiger partial charge on any atom is 0.123 e. The van der Waals surface area contributed by atoms with E-state index in [-0.39, 0.29) is 17.6 Å². The monoisotopic (exact) mass is 255 g/mol. The van der Waals surface area contributed by atoms with E-state index in [1.165, 1.54) is 18.2 Å². The number of hydrogen-bond donors (Lipinski definition) is 3. The van der Waals surface area contributed by atoms with Gasteiger partial charge in [0.05, 0.1) is 5.60 Å². The molecule has 0 amide bonds. The van der Waals surface area contributed by atoms with Crippen molar-refractivity contribution in [3.63, 3.8) is 0 Å². The summed E-state index contributed by atoms with van der Waals surface area (Å²) in [5.74, 6) is -0.316. The highest BCUT2D eigenvalue weighted by molar-refractivity contribution is 5.34. The molecule has 1 aromatic rings. The molecule has 0 radical (unpaired) electrons. The van der Waals surface area contributed by atoms with Gasteiger partial charge >= 0.3 is 0 Å². The molecule has 0 heterocycles. The summed E-state index contributed by atoms with van der Waals surface area (Å²) in [7, 11) is 0. The van der Waals surface area contributed by atoms with Crippen LogP contribution in [0.5, 0.6) is 5.75 Å². The van der Waals surface area contributed by atoms with Gasteiger partial charge in [0.2, 0.25) is 0 Å². The summed E-state index contributed by atoms with van der Waals surface area (Å²) >= 11 is 0. The minimum atomic E-state index is -0.786. The molecule has 2 unspecified atom stereocenters. The first-order valence-corrected chi connectivity index (χ1v) is 6.30. The van der Waals surface area contributed by atoms with Crippen molar-refractivity contribution in [2.45, 2.75) is 45.3 Å². The Bertz CT molecular complexity index is 393. The third-order valence-electron chi connectivity index (χ3n) is 3.03. The predicted octanol–water partition coefficient (Wildman–Crippen LogP) is 2.73. The summed E-state index contributed by atoms with van der Waals surface area (Å²) < 4.78 is 13.1. The van der Waals surface area contributed by atoms with E-state index in [2.05, 4.69) is 5.32 Å². The molecule has 0 aliphatic heterocycles. The molecule has 3 nitrogen and oxygen atoms in total. The minimum absolute atomic E-state index is 0.0616. The molecule has 4 heteroatoms. The molecule has 0 aliphatic carbocycles. The number of aromatic hydroxyl groups is 1. The zero-order valence-corrected chi connectivity index (χ0v) is 11.2. The van der Waals surface area contributed by atoms with Gasteiger partial charge in [-0.15, -0.1) is 0 Å². The van der Waals surface area contributed by atoms with Crippen LogP contribution in [0.25, 0.3) is 0 Å². The lowest BCUT2D eigenvalue weighted by Gasteiger charge is -2.26. The van der Waals surface area contributed by atoms with E-state index in [0.29, 0.717) is 18.5 Å². The van der Waals surface area contributed by atoms with Crippen molar-refractivity contribution in [3.8, 4) is 5.75 Å². The summed E-state index contributed by atoms with van der Waals surface area (Å²) in [5, 5.41) is 22.8. The third-order valence-corrected chi connectivity index (χ3v) is 3.03. The molecule has 0 saturated carbocycles. The molecule has 0 saturated heterocycles. The summed E-state index contributed by atoms with van der Waals surface area (Å²) in [6, 6.07) is 3.65. The fourth-order valence-electron chi connectivity index (χ4n) is 1.98. The fraction of sp³-hybridized carbons (Fsp3) is 0.571. The third kappa shape index (κ3) is 4.27. The number of hydrogen-bond acceptors (Lipinski definition) is 3. The van der Waals surface area contributed by atoms with Crippen molar-refractivity contribution >= 4 is 0 Å². The lowest BCUT2D eigenvalue weighted by atomic mass is 9.99. The average Bonchev–Trinajstić information content (AvgIpc) is 2.29. The number of phenolic OH excluding ortho intramolecular Hbond substituents is 1. The zero-order chi connectivity index (χ0) is 13.8. The van der Waals surface area contributed by atoms with Crippen molar-refractivity contribution in [2.75, 3.05) is 6.54 Å². The lowest BCUT2D eigenvalue weighted by Crippen LogP contribution is -2.38. The number of benzene rings is 1. The van der Waals surface area contributed by atoms with Crippen LogP contribution in [-0.4, -0.2) is 22.4 Å². The Labute approximate surface area is 108 Å². The van der Waals surface area contributed by atoms with Gasteiger partial charge in [0.15, 0.2) is 0 Å². The van der Waals surface area contributed by atoms with Gasteiger partial charge < -0.3 is 15.5 Å². The van der Waals surface area contributed by atoms with Crippen LogP contribution < -0.4 is 5.32 Å². The Morgan fingerprint density at radius 3 is 2.72 bits per heavy atom. The van der Waals surface area contributed by atoms with Crippen molar-refractivity contribution < 1.29 is 14.6 Å². The minimum Gasteiger partial charge on any atom is -0.508 e. The van der Waals surface area contributed by atoms with E-state index in [1.54, 1.807) is 6.92 Å². The van der Waals surface area contributed by atoms with Gasteiger partial charge in [-0.3, -0.25) is 0 Å². The molecule has 3 N–H and O–H groups in total. The Morgan fingerprint density at radius 2 is 2.11 bits per heavy atom. The fourth-order valence-corrected chi connectivity index (χ4v) is 1.98. The highest BCUT2D eigenvalue weighted by Gasteiger charge is 2.20. The van der Waals surface area contributed by atoms with Gasteiger partial charge in [0.25, 0.3) is 0 Å². The molecular formula is C14H22FNO2. The standard InChI is InChI=1S/C14H22FNO2/c1-4-7-14(3,18)9-16-10(2)12-8-11(15)5-6-13(12)17/h5-6,8,10,16-18H,4,7,9H2,1-3H3. The van der Waals surface area contributed by atoms with Gasteiger partial charge in [0.1, 0.15) is 11.6 Å². The Balaban J connectivity index is 2.65. The van der Waals surface area contributed by atoms with E-state index < -0.39 is 5.60 Å². The number of rotatable bonds is 6. The summed E-state index contributed by atoms with van der Waals surface area (Å²) in [6.45, 7) is 6.01. The first-order valence-electron chi connectivity index (χ1n) is 6.30. The average molecular weight is 255 g/mol. The van der Waals surface area contributed by atoms with E-state index in [4.69, 9.17) is 0 Å². The van der Waals surface area contributed by atoms with E-state index in [1.807, 2.05) is 13.8 Å². The number of aliphatic hydroxyl groups is 1. The van der Waals surface area contributed by atoms with Crippen LogP contribution >= 0.6 is 0 Å². The van der Waals surface area contributed by atoms with E-state index >= 15 is 0 Å². The van der Waals surface area contributed by atoms with Gasteiger partial charge in [-0.1, -0.05) is 13.3 Å². The molecule has 0 bridgehead atoms. The number of halogens is 1. The zero-order valence-electron chi connectivity index (χ0n) is 11.2. The van der Waals surface area contributed by atoms with Gasteiger partial charge in [-0.25, -0.2) is 4.39 Å². The largest absolute Gasteiger partial charge is 0.508 e. The highest BCUT2D eigenvalue weighted by Crippen LogP contribution is 2.25. The van der Waals surface area contributed by atoms with Crippen molar-refractivity contribution in [1.29, 1.82) is 0 Å². The molecule has 18 heavy (non-hydrogen) atoms. The summed E-state index contributed by atoms with van der Waals surface area (Å²) in [4.78, 5) is 0. The quantitative estimate of drug-likeness (QED) is 0.732. The predicted molar refractivity (Wildman–Crippen MR) is 70.0 cm³/mol. The molecule has 0 aliphatic rings. The molecular weight excluding hydrogens is 233 g/mol. The molecule has 1 aromatic carbocycles. The van der Waals surface area contributed by atoms with Crippen LogP contribution in [0.4, 0.5) is 4.39 Å². The molecule has 0 aromatic heterocycles. The second-order valence-electron chi connectivity index (χ2n) is 5.05. The normalized spacial score (nSPS) is 16.3. The van der Waals surface area contributed by atoms with E-state index in [9.17, 15) is 14.6 Å². The van der Waals surface area contributed by atoms with Gasteiger partial charge in [0, 0.05) is 18.2 Å². The number of nitrogens with one attached hydrogen (secondary N) is 1. The van der Waals surface area contributed by atoms with Crippen LogP contribution in [0.15, 0.2) is 18.2 Å². The molecule has 0 spiro atoms. The Kier molecular flexibility index (Phi) is 5.11. The molecule has 0 fully saturated rings. The van der Waals surface area contributed by atoms with E-state index in [0.717, 1.165) is 6.42 Å². The summed E-state index contributed by atoms with van der Waals surface area (Å²) in [6.07, 6.45) is 1.59. The first-order chi connectivity index (χ1) is 8.35. The lowest BCUT2D eigenvalue weighted by molar-refractivity contribution is 0.0476. The molecule has 1 rings (SSSR count). The van der Waals surface area contributed by atoms with Crippen molar-refractivity contribution in [1.82, 2.24) is 5.32 Å². The van der Waals surface area contributed by atoms with Crippen molar-refractivity contribution in [2.24, 2.45) is 0 Å². The second kappa shape index (κ2) is 6.16. The van der Waals surface area contributed by atoms with Crippen LogP contribution in [0.3, 0.4) is 0 Å². The molecule has 2 atom stereocenters. The summed E-state index contributed by atoms with van der Waals surface area (Å²) in [5.41, 5.74) is -0.284. The van der Waals surface area contributed by atoms with Crippen LogP contribution in [0, 0.1) is 5.82 Å². The van der Waals surface area contributed by atoms with Gasteiger partial charge in [-0.2, -0.15) is 0 Å². The maximum absolute atomic E-state index is 13.1.